The number of nitrogens with two attached hydrogens (primary N) is 4. The van der Waals surface area contributed by atoms with Crippen LogP contribution in [0.25, 0.3) is 0 Å². The Balaban J connectivity index is -0.0000000980. The van der Waals surface area contributed by atoms with E-state index in [1.54, 1.807) is 0 Å². The fourth-order valence-corrected chi connectivity index (χ4v) is 0. The molecule has 0 rings (SSSR count). The van der Waals surface area contributed by atoms with Gasteiger partial charge in [0, 0.05) is 22.2 Å². The maximum Gasteiger partial charge on any atom is 0.0274 e. The van der Waals surface area contributed by atoms with Crippen LogP contribution >= 0.6 is 48.0 Å². The lowest BCUT2D eigenvalue weighted by Crippen LogP contribution is -2.58. The van der Waals surface area contributed by atoms with Crippen molar-refractivity contribution in [2.45, 2.75) is 77.5 Å². The van der Waals surface area contributed by atoms with E-state index in [-0.39, 0.29) is 70.1 Å². The zero-order valence-corrected chi connectivity index (χ0v) is 17.8. The molecule has 0 aliphatic carbocycles. The van der Waals surface area contributed by atoms with Crippen LogP contribution in [0.2, 0.25) is 0 Å². The molecule has 0 aromatic rings. The Morgan fingerprint density at radius 1 is 0.389 bits per heavy atom. The van der Waals surface area contributed by atoms with E-state index in [9.17, 15) is 0 Å². The molecule has 0 unspecified atom stereocenters. The molecule has 0 aliphatic heterocycles. The summed E-state index contributed by atoms with van der Waals surface area (Å²) in [7, 11) is 0. The molecular weight excluding hydrogens is 454 g/mol. The molecule has 0 bridgehead atoms. The van der Waals surface area contributed by atoms with Crippen molar-refractivity contribution >= 4 is 48.0 Å². The van der Waals surface area contributed by atoms with Crippen LogP contribution in [0.5, 0.6) is 0 Å². The first-order valence-electron chi connectivity index (χ1n) is 5.65. The van der Waals surface area contributed by atoms with Crippen molar-refractivity contribution in [3.8, 4) is 0 Å². The predicted octanol–water partition coefficient (Wildman–Crippen LogP) is 2.16. The van der Waals surface area contributed by atoms with Crippen LogP contribution in [-0.4, -0.2) is 22.2 Å². The lowest BCUT2D eigenvalue weighted by Gasteiger charge is -2.34. The zero-order valence-electron chi connectivity index (χ0n) is 13.1. The molecule has 0 aliphatic rings. The van der Waals surface area contributed by atoms with Gasteiger partial charge in [-0.25, -0.2) is 0 Å². The number of hydrogen-bond donors (Lipinski definition) is 4. The van der Waals surface area contributed by atoms with Crippen LogP contribution in [0.3, 0.4) is 0 Å². The van der Waals surface area contributed by atoms with Gasteiger partial charge >= 0.3 is 0 Å². The van der Waals surface area contributed by atoms with Crippen molar-refractivity contribution in [2.24, 2.45) is 22.9 Å². The van der Waals surface area contributed by atoms with Crippen LogP contribution in [0.4, 0.5) is 0 Å². The monoisotopic (exact) mass is 488 g/mol. The third-order valence-corrected chi connectivity index (χ3v) is 3.32. The highest BCUT2D eigenvalue weighted by Crippen LogP contribution is 2.13. The van der Waals surface area contributed by atoms with E-state index < -0.39 is 0 Å². The van der Waals surface area contributed by atoms with Gasteiger partial charge in [0.25, 0.3) is 0 Å². The van der Waals surface area contributed by atoms with Gasteiger partial charge in [-0.05, 0) is 55.4 Å². The third-order valence-electron chi connectivity index (χ3n) is 3.32. The Hall–Kier alpha value is 1.30. The highest BCUT2D eigenvalue weighted by atomic mass is 127. The Kier molecular flexibility index (Phi) is 13.1. The van der Waals surface area contributed by atoms with E-state index in [2.05, 4.69) is 0 Å². The summed E-state index contributed by atoms with van der Waals surface area (Å²) in [6, 6.07) is 0. The molecule has 18 heavy (non-hydrogen) atoms. The summed E-state index contributed by atoms with van der Waals surface area (Å²) in [6.45, 7) is 15.4. The van der Waals surface area contributed by atoms with Crippen molar-refractivity contribution in [3.05, 3.63) is 0 Å². The van der Waals surface area contributed by atoms with E-state index in [4.69, 9.17) is 22.9 Å². The van der Waals surface area contributed by atoms with Gasteiger partial charge in [0.05, 0.1) is 0 Å². The van der Waals surface area contributed by atoms with Gasteiger partial charge in [-0.2, -0.15) is 0 Å². The minimum absolute atomic E-state index is 0. The molecule has 8 N–H and O–H groups in total. The fourth-order valence-electron chi connectivity index (χ4n) is 0. The second-order valence-electron chi connectivity index (χ2n) is 6.89. The molecule has 0 radical (unpaired) electrons. The minimum Gasteiger partial charge on any atom is -0.324 e. The van der Waals surface area contributed by atoms with E-state index in [0.717, 1.165) is 0 Å². The third kappa shape index (κ3) is 12.3. The molecule has 0 saturated carbocycles. The van der Waals surface area contributed by atoms with Gasteiger partial charge in [-0.1, -0.05) is 0 Å². The highest BCUT2D eigenvalue weighted by Gasteiger charge is 2.28. The lowest BCUT2D eigenvalue weighted by molar-refractivity contribution is 0.309. The van der Waals surface area contributed by atoms with Crippen LogP contribution < -0.4 is 22.9 Å². The van der Waals surface area contributed by atoms with Gasteiger partial charge < -0.3 is 22.9 Å². The second-order valence-corrected chi connectivity index (χ2v) is 6.89. The number of halogens is 2. The van der Waals surface area contributed by atoms with Crippen molar-refractivity contribution in [1.82, 2.24) is 0 Å². The van der Waals surface area contributed by atoms with Gasteiger partial charge in [0.2, 0.25) is 0 Å². The smallest absolute Gasteiger partial charge is 0.0274 e. The minimum atomic E-state index is -0.285. The molecule has 116 valence electrons. The highest BCUT2D eigenvalue weighted by molar-refractivity contribution is 14.0. The van der Waals surface area contributed by atoms with Crippen LogP contribution in [0, 0.1) is 0 Å². The fraction of sp³-hybridized carbons (Fsp3) is 1.00. The second kappa shape index (κ2) is 8.56. The number of hydrogen-bond acceptors (Lipinski definition) is 4. The molecule has 0 aromatic carbocycles. The van der Waals surface area contributed by atoms with Crippen molar-refractivity contribution in [2.75, 3.05) is 0 Å². The average molecular weight is 488 g/mol. The van der Waals surface area contributed by atoms with Crippen LogP contribution in [-0.2, 0) is 0 Å². The Bertz CT molecular complexity index is 156. The first kappa shape index (κ1) is 27.6. The van der Waals surface area contributed by atoms with Crippen molar-refractivity contribution < 1.29 is 0 Å². The van der Waals surface area contributed by atoms with Gasteiger partial charge in [-0.15, -0.1) is 48.0 Å². The summed E-state index contributed by atoms with van der Waals surface area (Å²) >= 11 is 0. The standard InChI is InChI=1S/2C6H16N2.2HI/c2*1-5(2,7)6(3,4)8;;/h2*7-8H2,1-4H3;2*1H. The van der Waals surface area contributed by atoms with Crippen molar-refractivity contribution in [1.29, 1.82) is 0 Å². The van der Waals surface area contributed by atoms with Gasteiger partial charge in [0.1, 0.15) is 0 Å². The van der Waals surface area contributed by atoms with Gasteiger partial charge in [0.15, 0.2) is 0 Å². The summed E-state index contributed by atoms with van der Waals surface area (Å²) in [5.74, 6) is 0. The van der Waals surface area contributed by atoms with Crippen molar-refractivity contribution in [3.63, 3.8) is 0 Å². The molecule has 4 nitrogen and oxygen atoms in total. The van der Waals surface area contributed by atoms with Crippen LogP contribution in [0.15, 0.2) is 0 Å². The zero-order chi connectivity index (χ0) is 14.0. The summed E-state index contributed by atoms with van der Waals surface area (Å²) in [5.41, 5.74) is 21.6. The summed E-state index contributed by atoms with van der Waals surface area (Å²) in [4.78, 5) is 0. The SMILES string of the molecule is CC(C)(N)C(C)(C)N.CC(C)(N)C(C)(C)N.I.I. The molecule has 0 atom stereocenters. The molecule has 0 aromatic heterocycles. The maximum atomic E-state index is 5.69. The average Bonchev–Trinajstić information content (AvgIpc) is 1.77. The number of rotatable bonds is 2. The van der Waals surface area contributed by atoms with Gasteiger partial charge in [-0.3, -0.25) is 0 Å². The van der Waals surface area contributed by atoms with E-state index in [1.165, 1.54) is 0 Å². The molecular formula is C12H34I2N4. The summed E-state index contributed by atoms with van der Waals surface area (Å²) in [6.07, 6.45) is 0. The van der Waals surface area contributed by atoms with E-state index in [1.807, 2.05) is 55.4 Å². The summed E-state index contributed by atoms with van der Waals surface area (Å²) < 4.78 is 0. The van der Waals surface area contributed by atoms with Crippen LogP contribution in [0.1, 0.15) is 55.4 Å². The molecule has 0 heterocycles. The molecule has 0 amide bonds. The van der Waals surface area contributed by atoms with E-state index >= 15 is 0 Å². The first-order chi connectivity index (χ1) is 6.50. The largest absolute Gasteiger partial charge is 0.324 e. The predicted molar refractivity (Wildman–Crippen MR) is 104 cm³/mol. The Morgan fingerprint density at radius 3 is 0.444 bits per heavy atom. The molecule has 0 spiro atoms. The normalized spacial score (nSPS) is 12.7. The maximum absolute atomic E-state index is 5.69. The molecule has 6 heteroatoms. The van der Waals surface area contributed by atoms with E-state index in [0.29, 0.717) is 0 Å². The summed E-state index contributed by atoms with van der Waals surface area (Å²) in [5, 5.41) is 0. The Morgan fingerprint density at radius 2 is 0.444 bits per heavy atom. The first-order valence-corrected chi connectivity index (χ1v) is 5.65. The molecule has 0 fully saturated rings. The lowest BCUT2D eigenvalue weighted by atomic mass is 9.85. The topological polar surface area (TPSA) is 104 Å². The Labute approximate surface area is 147 Å². The quantitative estimate of drug-likeness (QED) is 0.448. The molecule has 0 saturated heterocycles.